The number of carbonyl (C=O) groups excluding carboxylic acids is 1. The van der Waals surface area contributed by atoms with Crippen LogP contribution in [0.3, 0.4) is 0 Å². The standard InChI is InChI=1S/C18H23ClN4O3S/c1-5-25-14-7-12(6-13(19)15(14)26-9-10(2)3)8-21-23-17(24)16-11(4)22-18(20)27-16/h6-8,10H,5,9H2,1-4H3,(H2,20,22)(H,23,24)/b21-8-. The summed E-state index contributed by atoms with van der Waals surface area (Å²) in [6, 6.07) is 3.46. The minimum absolute atomic E-state index is 0.340. The van der Waals surface area contributed by atoms with Gasteiger partial charge in [0.1, 0.15) is 4.88 Å². The molecule has 0 radical (unpaired) electrons. The van der Waals surface area contributed by atoms with Gasteiger partial charge in [-0.05, 0) is 37.5 Å². The molecule has 146 valence electrons. The average Bonchev–Trinajstić information content (AvgIpc) is 2.92. The van der Waals surface area contributed by atoms with E-state index in [-0.39, 0.29) is 5.91 Å². The first-order valence-electron chi connectivity index (χ1n) is 8.47. The van der Waals surface area contributed by atoms with Crippen LogP contribution in [0.15, 0.2) is 17.2 Å². The Hall–Kier alpha value is -2.32. The third-order valence-electron chi connectivity index (χ3n) is 3.29. The molecule has 9 heteroatoms. The fraction of sp³-hybridized carbons (Fsp3) is 0.389. The van der Waals surface area contributed by atoms with Crippen LogP contribution < -0.4 is 20.6 Å². The third kappa shape index (κ3) is 5.83. The van der Waals surface area contributed by atoms with Gasteiger partial charge in [0.2, 0.25) is 0 Å². The summed E-state index contributed by atoms with van der Waals surface area (Å²) in [5, 5.41) is 4.73. The van der Waals surface area contributed by atoms with Crippen LogP contribution in [0.2, 0.25) is 5.02 Å². The molecule has 1 heterocycles. The maximum Gasteiger partial charge on any atom is 0.283 e. The predicted molar refractivity (Wildman–Crippen MR) is 109 cm³/mol. The number of anilines is 1. The Labute approximate surface area is 167 Å². The first kappa shape index (κ1) is 21.0. The van der Waals surface area contributed by atoms with E-state index >= 15 is 0 Å². The van der Waals surface area contributed by atoms with E-state index in [1.54, 1.807) is 19.1 Å². The number of carbonyl (C=O) groups is 1. The fourth-order valence-electron chi connectivity index (χ4n) is 2.16. The van der Waals surface area contributed by atoms with Gasteiger partial charge in [0.05, 0.1) is 30.1 Å². The molecule has 2 aromatic rings. The predicted octanol–water partition coefficient (Wildman–Crippen LogP) is 3.88. The molecular formula is C18H23ClN4O3S. The van der Waals surface area contributed by atoms with Gasteiger partial charge in [-0.25, -0.2) is 10.4 Å². The zero-order valence-electron chi connectivity index (χ0n) is 15.7. The van der Waals surface area contributed by atoms with E-state index in [4.69, 9.17) is 26.8 Å². The molecule has 27 heavy (non-hydrogen) atoms. The monoisotopic (exact) mass is 410 g/mol. The number of ether oxygens (including phenoxy) is 2. The van der Waals surface area contributed by atoms with Crippen LogP contribution >= 0.6 is 22.9 Å². The van der Waals surface area contributed by atoms with Crippen molar-refractivity contribution >= 4 is 40.2 Å². The van der Waals surface area contributed by atoms with Crippen LogP contribution in [0.5, 0.6) is 11.5 Å². The number of hydrogen-bond acceptors (Lipinski definition) is 7. The SMILES string of the molecule is CCOc1cc(/C=N\NC(=O)c2sc(N)nc2C)cc(Cl)c1OCC(C)C. The van der Waals surface area contributed by atoms with Crippen molar-refractivity contribution in [2.75, 3.05) is 18.9 Å². The van der Waals surface area contributed by atoms with Crippen molar-refractivity contribution in [3.8, 4) is 11.5 Å². The number of nitrogens with zero attached hydrogens (tertiary/aromatic N) is 2. The summed E-state index contributed by atoms with van der Waals surface area (Å²) in [6.07, 6.45) is 1.48. The molecule has 1 amide bonds. The van der Waals surface area contributed by atoms with Crippen LogP contribution in [0.4, 0.5) is 5.13 Å². The van der Waals surface area contributed by atoms with Crippen LogP contribution in [0.25, 0.3) is 0 Å². The Balaban J connectivity index is 2.14. The minimum Gasteiger partial charge on any atom is -0.490 e. The second-order valence-corrected chi connectivity index (χ2v) is 7.57. The first-order valence-corrected chi connectivity index (χ1v) is 9.66. The number of nitrogen functional groups attached to an aromatic ring is 1. The second-order valence-electron chi connectivity index (χ2n) is 6.13. The minimum atomic E-state index is -0.369. The number of aryl methyl sites for hydroxylation is 1. The van der Waals surface area contributed by atoms with E-state index in [1.807, 2.05) is 6.92 Å². The Morgan fingerprint density at radius 1 is 1.44 bits per heavy atom. The van der Waals surface area contributed by atoms with Crippen LogP contribution in [0.1, 0.15) is 41.7 Å². The number of rotatable bonds is 8. The summed E-state index contributed by atoms with van der Waals surface area (Å²) in [4.78, 5) is 16.6. The van der Waals surface area contributed by atoms with Crippen molar-refractivity contribution in [1.29, 1.82) is 0 Å². The van der Waals surface area contributed by atoms with Crippen molar-refractivity contribution in [3.05, 3.63) is 33.3 Å². The molecule has 0 saturated carbocycles. The topological polar surface area (TPSA) is 98.8 Å². The molecule has 1 aromatic carbocycles. The Bertz CT molecular complexity index is 836. The highest BCUT2D eigenvalue weighted by Gasteiger charge is 2.14. The lowest BCUT2D eigenvalue weighted by molar-refractivity contribution is 0.0958. The molecule has 2 rings (SSSR count). The normalized spacial score (nSPS) is 11.2. The van der Waals surface area contributed by atoms with Gasteiger partial charge in [-0.15, -0.1) is 0 Å². The van der Waals surface area contributed by atoms with E-state index in [9.17, 15) is 4.79 Å². The van der Waals surface area contributed by atoms with E-state index < -0.39 is 0 Å². The van der Waals surface area contributed by atoms with Gasteiger partial charge in [0.15, 0.2) is 16.6 Å². The molecule has 0 aliphatic rings. The lowest BCUT2D eigenvalue weighted by atomic mass is 10.2. The quantitative estimate of drug-likeness (QED) is 0.508. The third-order valence-corrected chi connectivity index (χ3v) is 4.56. The van der Waals surface area contributed by atoms with Crippen molar-refractivity contribution in [2.24, 2.45) is 11.0 Å². The number of nitrogens with one attached hydrogen (secondary N) is 1. The highest BCUT2D eigenvalue weighted by Crippen LogP contribution is 2.36. The molecular weight excluding hydrogens is 388 g/mol. The van der Waals surface area contributed by atoms with E-state index in [0.29, 0.717) is 56.9 Å². The summed E-state index contributed by atoms with van der Waals surface area (Å²) in [6.45, 7) is 8.70. The maximum atomic E-state index is 12.1. The van der Waals surface area contributed by atoms with Crippen LogP contribution in [-0.2, 0) is 0 Å². The summed E-state index contributed by atoms with van der Waals surface area (Å²) in [5.41, 5.74) is 9.30. The maximum absolute atomic E-state index is 12.1. The molecule has 0 unspecified atom stereocenters. The van der Waals surface area contributed by atoms with E-state index in [1.165, 1.54) is 6.21 Å². The molecule has 3 N–H and O–H groups in total. The van der Waals surface area contributed by atoms with Gasteiger partial charge >= 0.3 is 0 Å². The number of hydrazone groups is 1. The highest BCUT2D eigenvalue weighted by molar-refractivity contribution is 7.17. The Morgan fingerprint density at radius 2 is 2.19 bits per heavy atom. The van der Waals surface area contributed by atoms with E-state index in [0.717, 1.165) is 11.3 Å². The number of thiazole rings is 1. The number of nitrogens with two attached hydrogens (primary N) is 1. The first-order chi connectivity index (χ1) is 12.8. The molecule has 0 spiro atoms. The van der Waals surface area contributed by atoms with Gasteiger partial charge in [-0.1, -0.05) is 36.8 Å². The number of aromatic nitrogens is 1. The smallest absolute Gasteiger partial charge is 0.283 e. The average molecular weight is 411 g/mol. The van der Waals surface area contributed by atoms with Gasteiger partial charge in [0, 0.05) is 0 Å². The molecule has 0 fully saturated rings. The molecule has 1 aromatic heterocycles. The summed E-state index contributed by atoms with van der Waals surface area (Å²) >= 11 is 7.45. The van der Waals surface area contributed by atoms with Crippen LogP contribution in [0, 0.1) is 12.8 Å². The molecule has 0 aliphatic heterocycles. The molecule has 7 nitrogen and oxygen atoms in total. The fourth-order valence-corrected chi connectivity index (χ4v) is 3.16. The Morgan fingerprint density at radius 3 is 2.78 bits per heavy atom. The number of hydrogen-bond donors (Lipinski definition) is 2. The van der Waals surface area contributed by atoms with Gasteiger partial charge < -0.3 is 15.2 Å². The summed E-state index contributed by atoms with van der Waals surface area (Å²) in [5.74, 6) is 1.02. The number of benzene rings is 1. The molecule has 0 saturated heterocycles. The summed E-state index contributed by atoms with van der Waals surface area (Å²) in [7, 11) is 0. The van der Waals surface area contributed by atoms with E-state index in [2.05, 4.69) is 29.4 Å². The highest BCUT2D eigenvalue weighted by atomic mass is 35.5. The van der Waals surface area contributed by atoms with Gasteiger partial charge in [0.25, 0.3) is 5.91 Å². The summed E-state index contributed by atoms with van der Waals surface area (Å²) < 4.78 is 11.4. The lowest BCUT2D eigenvalue weighted by Gasteiger charge is -2.15. The largest absolute Gasteiger partial charge is 0.490 e. The van der Waals surface area contributed by atoms with Crippen molar-refractivity contribution < 1.29 is 14.3 Å². The molecule has 0 aliphatic carbocycles. The van der Waals surface area contributed by atoms with Gasteiger partial charge in [-0.3, -0.25) is 4.79 Å². The number of amides is 1. The zero-order valence-corrected chi connectivity index (χ0v) is 17.3. The van der Waals surface area contributed by atoms with Crippen molar-refractivity contribution in [2.45, 2.75) is 27.7 Å². The van der Waals surface area contributed by atoms with Crippen molar-refractivity contribution in [1.82, 2.24) is 10.4 Å². The molecule has 0 atom stereocenters. The Kier molecular flexibility index (Phi) is 7.44. The zero-order chi connectivity index (χ0) is 20.0. The van der Waals surface area contributed by atoms with Gasteiger partial charge in [-0.2, -0.15) is 5.10 Å². The molecule has 0 bridgehead atoms. The second kappa shape index (κ2) is 9.57. The number of halogens is 1. The van der Waals surface area contributed by atoms with Crippen LogP contribution in [-0.4, -0.2) is 30.3 Å². The lowest BCUT2D eigenvalue weighted by Crippen LogP contribution is -2.17. The van der Waals surface area contributed by atoms with Crippen molar-refractivity contribution in [3.63, 3.8) is 0 Å².